The Hall–Kier alpha value is -1.98. The Morgan fingerprint density at radius 2 is 1.89 bits per heavy atom. The summed E-state index contributed by atoms with van der Waals surface area (Å²) in [6.45, 7) is 3.62. The van der Waals surface area contributed by atoms with Gasteiger partial charge in [-0.1, -0.05) is 19.9 Å². The number of halogens is 2. The van der Waals surface area contributed by atoms with Gasteiger partial charge in [-0.3, -0.25) is 4.79 Å². The minimum Gasteiger partial charge on any atom is -0.479 e. The largest absolute Gasteiger partial charge is 0.479 e. The van der Waals surface area contributed by atoms with Crippen LogP contribution in [0.5, 0.6) is 0 Å². The van der Waals surface area contributed by atoms with Crippen LogP contribution >= 0.6 is 0 Å². The van der Waals surface area contributed by atoms with Crippen molar-refractivity contribution < 1.29 is 23.5 Å². The molecular weight excluding hydrogens is 256 g/mol. The molecule has 19 heavy (non-hydrogen) atoms. The Morgan fingerprint density at radius 3 is 2.37 bits per heavy atom. The molecule has 1 unspecified atom stereocenters. The van der Waals surface area contributed by atoms with E-state index in [1.807, 2.05) is 13.8 Å². The highest BCUT2D eigenvalue weighted by atomic mass is 19.2. The molecule has 4 nitrogen and oxygen atoms in total. The molecule has 0 heterocycles. The number of carboxylic acids is 1. The second-order valence-corrected chi connectivity index (χ2v) is 4.61. The van der Waals surface area contributed by atoms with Crippen molar-refractivity contribution in [3.8, 4) is 0 Å². The van der Waals surface area contributed by atoms with Gasteiger partial charge >= 0.3 is 5.97 Å². The van der Waals surface area contributed by atoms with Gasteiger partial charge in [-0.25, -0.2) is 13.6 Å². The average Bonchev–Trinajstić information content (AvgIpc) is 2.28. The van der Waals surface area contributed by atoms with Crippen molar-refractivity contribution >= 4 is 11.9 Å². The zero-order valence-electron chi connectivity index (χ0n) is 10.6. The molecule has 0 saturated carbocycles. The summed E-state index contributed by atoms with van der Waals surface area (Å²) >= 11 is 0. The number of carboxylic acid groups (broad SMARTS) is 1. The van der Waals surface area contributed by atoms with Gasteiger partial charge in [0.1, 0.15) is 0 Å². The molecule has 0 spiro atoms. The van der Waals surface area contributed by atoms with Crippen LogP contribution in [-0.2, 0) is 9.59 Å². The van der Waals surface area contributed by atoms with Crippen molar-refractivity contribution in [3.63, 3.8) is 0 Å². The molecule has 1 rings (SSSR count). The maximum Gasteiger partial charge on any atom is 0.330 e. The van der Waals surface area contributed by atoms with Crippen LogP contribution in [0.2, 0.25) is 0 Å². The topological polar surface area (TPSA) is 66.4 Å². The number of hydrogen-bond donors (Lipinski definition) is 2. The molecule has 1 aromatic carbocycles. The molecule has 0 radical (unpaired) electrons. The van der Waals surface area contributed by atoms with E-state index in [0.29, 0.717) is 0 Å². The van der Waals surface area contributed by atoms with Gasteiger partial charge in [0.2, 0.25) is 5.91 Å². The first-order chi connectivity index (χ1) is 8.81. The van der Waals surface area contributed by atoms with Crippen molar-refractivity contribution in [2.45, 2.75) is 26.3 Å². The number of carbonyl (C=O) groups is 2. The number of nitrogens with one attached hydrogen (secondary N) is 1. The minimum absolute atomic E-state index is 0.0106. The number of amides is 1. The Morgan fingerprint density at radius 1 is 1.26 bits per heavy atom. The molecule has 0 fully saturated rings. The van der Waals surface area contributed by atoms with Crippen LogP contribution in [0.25, 0.3) is 0 Å². The smallest absolute Gasteiger partial charge is 0.330 e. The van der Waals surface area contributed by atoms with E-state index in [4.69, 9.17) is 5.11 Å². The van der Waals surface area contributed by atoms with Crippen LogP contribution in [0.4, 0.5) is 8.78 Å². The highest BCUT2D eigenvalue weighted by molar-refractivity contribution is 5.84. The molecule has 0 aliphatic rings. The molecule has 0 aromatic heterocycles. The fraction of sp³-hybridized carbons (Fsp3) is 0.385. The van der Waals surface area contributed by atoms with E-state index < -0.39 is 29.6 Å². The predicted molar refractivity (Wildman–Crippen MR) is 64.3 cm³/mol. The SMILES string of the molecule is CC(C)CC(=O)NC(C(=O)O)c1ccc(F)c(F)c1. The lowest BCUT2D eigenvalue weighted by Gasteiger charge is -2.16. The van der Waals surface area contributed by atoms with E-state index in [9.17, 15) is 18.4 Å². The van der Waals surface area contributed by atoms with Gasteiger partial charge in [0, 0.05) is 6.42 Å². The molecule has 6 heteroatoms. The van der Waals surface area contributed by atoms with E-state index in [2.05, 4.69) is 5.32 Å². The summed E-state index contributed by atoms with van der Waals surface area (Å²) in [6, 6.07) is 1.34. The number of aliphatic carboxylic acids is 1. The van der Waals surface area contributed by atoms with Gasteiger partial charge < -0.3 is 10.4 Å². The number of carbonyl (C=O) groups excluding carboxylic acids is 1. The van der Waals surface area contributed by atoms with Crippen molar-refractivity contribution in [1.29, 1.82) is 0 Å². The zero-order chi connectivity index (χ0) is 14.6. The highest BCUT2D eigenvalue weighted by Gasteiger charge is 2.23. The molecule has 0 saturated heterocycles. The average molecular weight is 271 g/mol. The first-order valence-electron chi connectivity index (χ1n) is 5.78. The Balaban J connectivity index is 2.91. The number of benzene rings is 1. The van der Waals surface area contributed by atoms with Crippen molar-refractivity contribution in [1.82, 2.24) is 5.32 Å². The number of hydrogen-bond acceptors (Lipinski definition) is 2. The molecule has 1 atom stereocenters. The van der Waals surface area contributed by atoms with Gasteiger partial charge in [-0.05, 0) is 23.6 Å². The van der Waals surface area contributed by atoms with Crippen LogP contribution in [0.15, 0.2) is 18.2 Å². The predicted octanol–water partition coefficient (Wildman–Crippen LogP) is 2.25. The first kappa shape index (κ1) is 15.1. The summed E-state index contributed by atoms with van der Waals surface area (Å²) < 4.78 is 25.9. The van der Waals surface area contributed by atoms with Gasteiger partial charge in [-0.2, -0.15) is 0 Å². The fourth-order valence-electron chi connectivity index (χ4n) is 1.57. The summed E-state index contributed by atoms with van der Waals surface area (Å²) in [5.74, 6) is -3.93. The summed E-state index contributed by atoms with van der Waals surface area (Å²) in [4.78, 5) is 22.6. The lowest BCUT2D eigenvalue weighted by atomic mass is 10.1. The minimum atomic E-state index is -1.39. The van der Waals surface area contributed by atoms with E-state index in [0.717, 1.165) is 18.2 Å². The Labute approximate surface area is 109 Å². The monoisotopic (exact) mass is 271 g/mol. The van der Waals surface area contributed by atoms with Gasteiger partial charge in [0.05, 0.1) is 0 Å². The third-order valence-electron chi connectivity index (χ3n) is 2.42. The molecule has 1 amide bonds. The summed E-state index contributed by atoms with van der Waals surface area (Å²) in [7, 11) is 0. The third kappa shape index (κ3) is 4.31. The summed E-state index contributed by atoms with van der Waals surface area (Å²) in [6.07, 6.45) is 0.160. The highest BCUT2D eigenvalue weighted by Crippen LogP contribution is 2.17. The molecule has 104 valence electrons. The summed E-state index contributed by atoms with van der Waals surface area (Å²) in [5, 5.41) is 11.3. The molecule has 2 N–H and O–H groups in total. The summed E-state index contributed by atoms with van der Waals surface area (Å²) in [5.41, 5.74) is -0.0106. The molecule has 0 aliphatic heterocycles. The van der Waals surface area contributed by atoms with Crippen LogP contribution in [0.3, 0.4) is 0 Å². The van der Waals surface area contributed by atoms with E-state index >= 15 is 0 Å². The van der Waals surface area contributed by atoms with Crippen LogP contribution in [-0.4, -0.2) is 17.0 Å². The van der Waals surface area contributed by atoms with Crippen molar-refractivity contribution in [3.05, 3.63) is 35.4 Å². The molecule has 0 aliphatic carbocycles. The van der Waals surface area contributed by atoms with Gasteiger partial charge in [-0.15, -0.1) is 0 Å². The molecule has 1 aromatic rings. The maximum absolute atomic E-state index is 13.1. The van der Waals surface area contributed by atoms with Crippen LogP contribution in [0, 0.1) is 17.6 Å². The third-order valence-corrected chi connectivity index (χ3v) is 2.42. The lowest BCUT2D eigenvalue weighted by molar-refractivity contribution is -0.142. The standard InChI is InChI=1S/C13H15F2NO3/c1-7(2)5-11(17)16-12(13(18)19)8-3-4-9(14)10(15)6-8/h3-4,6-7,12H,5H2,1-2H3,(H,16,17)(H,18,19). The van der Waals surface area contributed by atoms with Gasteiger partial charge in [0.15, 0.2) is 17.7 Å². The van der Waals surface area contributed by atoms with Crippen LogP contribution in [0.1, 0.15) is 31.9 Å². The van der Waals surface area contributed by atoms with Crippen LogP contribution < -0.4 is 5.32 Å². The first-order valence-corrected chi connectivity index (χ1v) is 5.78. The molecular formula is C13H15F2NO3. The van der Waals surface area contributed by atoms with E-state index in [1.165, 1.54) is 0 Å². The number of rotatable bonds is 5. The maximum atomic E-state index is 13.1. The van der Waals surface area contributed by atoms with Gasteiger partial charge in [0.25, 0.3) is 0 Å². The second kappa shape index (κ2) is 6.26. The quantitative estimate of drug-likeness (QED) is 0.863. The normalized spacial score (nSPS) is 12.3. The lowest BCUT2D eigenvalue weighted by Crippen LogP contribution is -2.34. The van der Waals surface area contributed by atoms with Crippen molar-refractivity contribution in [2.75, 3.05) is 0 Å². The van der Waals surface area contributed by atoms with E-state index in [1.54, 1.807) is 0 Å². The zero-order valence-corrected chi connectivity index (χ0v) is 10.6. The van der Waals surface area contributed by atoms with E-state index in [-0.39, 0.29) is 17.9 Å². The Bertz CT molecular complexity index is 489. The Kier molecular flexibility index (Phi) is 4.97. The fourth-order valence-corrected chi connectivity index (χ4v) is 1.57. The van der Waals surface area contributed by atoms with Crippen molar-refractivity contribution in [2.24, 2.45) is 5.92 Å². The molecule has 0 bridgehead atoms. The second-order valence-electron chi connectivity index (χ2n) is 4.61.